The fourth-order valence-electron chi connectivity index (χ4n) is 4.71. The molecule has 4 aromatic rings. The number of hydrogen-bond donors (Lipinski definition) is 1. The standard InChI is InChI=1S/C27H24ClN3O5/c1-30-23-9-5-4-8-20(23)22(29-30)15-36-27(34)31-13-12-17-6-2-3-7-19(17)26(31)21-14-18(28)10-11-24(21)35-16-25(32)33/h2-11,14,26H,12-13,15-16H2,1H3,(H,32,33)/t26-/m0/s1. The summed E-state index contributed by atoms with van der Waals surface area (Å²) in [5.74, 6) is -0.754. The second-order valence-electron chi connectivity index (χ2n) is 8.55. The molecular formula is C27H24ClN3O5. The van der Waals surface area contributed by atoms with Gasteiger partial charge in [0, 0.05) is 29.6 Å². The summed E-state index contributed by atoms with van der Waals surface area (Å²) in [6, 6.07) is 20.0. The molecule has 1 aromatic heterocycles. The molecule has 0 fully saturated rings. The summed E-state index contributed by atoms with van der Waals surface area (Å²) >= 11 is 6.33. The molecule has 1 aliphatic heterocycles. The number of aromatic nitrogens is 2. The average molecular weight is 506 g/mol. The van der Waals surface area contributed by atoms with Gasteiger partial charge in [0.05, 0.1) is 11.6 Å². The minimum atomic E-state index is -1.10. The highest BCUT2D eigenvalue weighted by atomic mass is 35.5. The van der Waals surface area contributed by atoms with E-state index in [-0.39, 0.29) is 6.61 Å². The SMILES string of the molecule is Cn1nc(COC(=O)N2CCc3ccccc3[C@H]2c2cc(Cl)ccc2OCC(=O)O)c2ccccc21. The van der Waals surface area contributed by atoms with Crippen molar-refractivity contribution in [3.8, 4) is 5.75 Å². The molecule has 0 spiro atoms. The van der Waals surface area contributed by atoms with Gasteiger partial charge in [-0.3, -0.25) is 9.58 Å². The lowest BCUT2D eigenvalue weighted by Crippen LogP contribution is -2.41. The molecule has 1 amide bonds. The van der Waals surface area contributed by atoms with E-state index in [2.05, 4.69) is 5.10 Å². The molecule has 2 heterocycles. The number of aryl methyl sites for hydroxylation is 1. The minimum absolute atomic E-state index is 0.0168. The van der Waals surface area contributed by atoms with Crippen molar-refractivity contribution in [2.45, 2.75) is 19.1 Å². The van der Waals surface area contributed by atoms with Crippen LogP contribution in [0.5, 0.6) is 5.75 Å². The Morgan fingerprint density at radius 3 is 2.69 bits per heavy atom. The van der Waals surface area contributed by atoms with E-state index in [1.807, 2.05) is 55.6 Å². The van der Waals surface area contributed by atoms with E-state index >= 15 is 0 Å². The Morgan fingerprint density at radius 1 is 1.08 bits per heavy atom. The molecule has 1 atom stereocenters. The minimum Gasteiger partial charge on any atom is -0.482 e. The van der Waals surface area contributed by atoms with Crippen LogP contribution in [0.25, 0.3) is 10.9 Å². The van der Waals surface area contributed by atoms with Gasteiger partial charge in [-0.25, -0.2) is 9.59 Å². The first-order valence-electron chi connectivity index (χ1n) is 11.5. The summed E-state index contributed by atoms with van der Waals surface area (Å²) in [7, 11) is 1.85. The number of carbonyl (C=O) groups excluding carboxylic acids is 1. The number of aliphatic carboxylic acids is 1. The van der Waals surface area contributed by atoms with Gasteiger partial charge in [-0.1, -0.05) is 54.1 Å². The Kier molecular flexibility index (Phi) is 6.52. The second kappa shape index (κ2) is 9.91. The summed E-state index contributed by atoms with van der Waals surface area (Å²) in [5.41, 5.74) is 4.21. The molecule has 9 heteroatoms. The van der Waals surface area contributed by atoms with E-state index in [4.69, 9.17) is 26.2 Å². The summed E-state index contributed by atoms with van der Waals surface area (Å²) in [6.45, 7) is -0.0858. The molecule has 0 bridgehead atoms. The van der Waals surface area contributed by atoms with Crippen molar-refractivity contribution in [2.75, 3.05) is 13.2 Å². The molecule has 3 aromatic carbocycles. The van der Waals surface area contributed by atoms with E-state index in [1.165, 1.54) is 0 Å². The van der Waals surface area contributed by atoms with E-state index < -0.39 is 24.7 Å². The van der Waals surface area contributed by atoms with Crippen LogP contribution in [0.15, 0.2) is 66.7 Å². The maximum Gasteiger partial charge on any atom is 0.410 e. The third-order valence-corrected chi connectivity index (χ3v) is 6.54. The summed E-state index contributed by atoms with van der Waals surface area (Å²) in [6.07, 6.45) is 0.147. The molecule has 36 heavy (non-hydrogen) atoms. The van der Waals surface area contributed by atoms with Crippen LogP contribution in [0.3, 0.4) is 0 Å². The van der Waals surface area contributed by atoms with Crippen LogP contribution in [0.1, 0.15) is 28.4 Å². The molecule has 8 nitrogen and oxygen atoms in total. The van der Waals surface area contributed by atoms with Gasteiger partial charge in [0.25, 0.3) is 0 Å². The van der Waals surface area contributed by atoms with Crippen molar-refractivity contribution in [1.82, 2.24) is 14.7 Å². The van der Waals surface area contributed by atoms with Gasteiger partial charge in [0.1, 0.15) is 18.1 Å². The van der Waals surface area contributed by atoms with Crippen molar-refractivity contribution < 1.29 is 24.2 Å². The number of hydrogen-bond acceptors (Lipinski definition) is 5. The largest absolute Gasteiger partial charge is 0.482 e. The topological polar surface area (TPSA) is 93.9 Å². The van der Waals surface area contributed by atoms with Crippen LogP contribution >= 0.6 is 11.6 Å². The number of carboxylic acid groups (broad SMARTS) is 1. The second-order valence-corrected chi connectivity index (χ2v) is 8.99. The van der Waals surface area contributed by atoms with Crippen molar-refractivity contribution >= 4 is 34.6 Å². The van der Waals surface area contributed by atoms with E-state index in [1.54, 1.807) is 27.8 Å². The molecule has 0 aliphatic carbocycles. The quantitative estimate of drug-likeness (QED) is 0.397. The maximum atomic E-state index is 13.5. The first-order valence-corrected chi connectivity index (χ1v) is 11.9. The zero-order chi connectivity index (χ0) is 25.2. The summed E-state index contributed by atoms with van der Waals surface area (Å²) in [5, 5.41) is 15.0. The number of para-hydroxylation sites is 1. The first kappa shape index (κ1) is 23.7. The van der Waals surface area contributed by atoms with Crippen molar-refractivity contribution in [1.29, 1.82) is 0 Å². The van der Waals surface area contributed by atoms with Gasteiger partial charge >= 0.3 is 12.1 Å². The van der Waals surface area contributed by atoms with Gasteiger partial charge in [-0.15, -0.1) is 0 Å². The van der Waals surface area contributed by atoms with E-state index in [0.717, 1.165) is 22.0 Å². The number of nitrogens with zero attached hydrogens (tertiary/aromatic N) is 3. The predicted molar refractivity (Wildman–Crippen MR) is 134 cm³/mol. The number of benzene rings is 3. The average Bonchev–Trinajstić information content (AvgIpc) is 3.21. The molecular weight excluding hydrogens is 482 g/mol. The Balaban J connectivity index is 1.48. The molecule has 0 radical (unpaired) electrons. The summed E-state index contributed by atoms with van der Waals surface area (Å²) in [4.78, 5) is 26.3. The third kappa shape index (κ3) is 4.59. The highest BCUT2D eigenvalue weighted by Gasteiger charge is 2.35. The zero-order valence-electron chi connectivity index (χ0n) is 19.6. The maximum absolute atomic E-state index is 13.5. The normalized spacial score (nSPS) is 14.9. The Labute approximate surface area is 212 Å². The lowest BCUT2D eigenvalue weighted by molar-refractivity contribution is -0.139. The van der Waals surface area contributed by atoms with Crippen molar-refractivity contribution in [2.24, 2.45) is 7.05 Å². The highest BCUT2D eigenvalue weighted by Crippen LogP contribution is 2.41. The molecule has 0 saturated heterocycles. The molecule has 1 aliphatic rings. The van der Waals surface area contributed by atoms with Gasteiger partial charge in [-0.05, 0) is 41.8 Å². The van der Waals surface area contributed by atoms with Crippen molar-refractivity contribution in [3.63, 3.8) is 0 Å². The highest BCUT2D eigenvalue weighted by molar-refractivity contribution is 6.30. The fourth-order valence-corrected chi connectivity index (χ4v) is 4.89. The van der Waals surface area contributed by atoms with Crippen LogP contribution in [0.2, 0.25) is 5.02 Å². The van der Waals surface area contributed by atoms with Crippen LogP contribution in [-0.2, 0) is 29.6 Å². The third-order valence-electron chi connectivity index (χ3n) is 6.30. The Hall–Kier alpha value is -4.04. The van der Waals surface area contributed by atoms with Gasteiger partial charge in [0.15, 0.2) is 6.61 Å². The van der Waals surface area contributed by atoms with E-state index in [0.29, 0.717) is 35.0 Å². The summed E-state index contributed by atoms with van der Waals surface area (Å²) < 4.78 is 13.1. The zero-order valence-corrected chi connectivity index (χ0v) is 20.3. The van der Waals surface area contributed by atoms with Crippen LogP contribution in [0.4, 0.5) is 4.79 Å². The molecule has 0 saturated carbocycles. The van der Waals surface area contributed by atoms with Crippen molar-refractivity contribution in [3.05, 3.63) is 94.1 Å². The van der Waals surface area contributed by atoms with Crippen LogP contribution < -0.4 is 4.74 Å². The van der Waals surface area contributed by atoms with Crippen LogP contribution in [0, 0.1) is 0 Å². The smallest absolute Gasteiger partial charge is 0.410 e. The number of amides is 1. The van der Waals surface area contributed by atoms with Crippen LogP contribution in [-0.4, -0.2) is 45.0 Å². The van der Waals surface area contributed by atoms with Gasteiger partial charge in [0.2, 0.25) is 0 Å². The lowest BCUT2D eigenvalue weighted by atomic mass is 9.88. The number of carboxylic acids is 1. The number of rotatable bonds is 6. The lowest BCUT2D eigenvalue weighted by Gasteiger charge is -2.37. The number of fused-ring (bicyclic) bond motifs is 2. The number of ether oxygens (including phenoxy) is 2. The molecule has 0 unspecified atom stereocenters. The molecule has 5 rings (SSSR count). The monoisotopic (exact) mass is 505 g/mol. The van der Waals surface area contributed by atoms with Gasteiger partial charge < -0.3 is 14.6 Å². The Bertz CT molecular complexity index is 1450. The molecule has 1 N–H and O–H groups in total. The first-order chi connectivity index (χ1) is 17.4. The Morgan fingerprint density at radius 2 is 1.86 bits per heavy atom. The van der Waals surface area contributed by atoms with E-state index in [9.17, 15) is 9.59 Å². The fraction of sp³-hybridized carbons (Fsp3) is 0.222. The number of halogens is 1. The predicted octanol–water partition coefficient (Wildman–Crippen LogP) is 4.97. The number of carbonyl (C=O) groups is 2. The van der Waals surface area contributed by atoms with Gasteiger partial charge in [-0.2, -0.15) is 5.10 Å². The molecule has 184 valence electrons.